The topological polar surface area (TPSA) is 203 Å². The highest BCUT2D eigenvalue weighted by atomic mass is 79.9. The summed E-state index contributed by atoms with van der Waals surface area (Å²) in [5.74, 6) is -3.66. The van der Waals surface area contributed by atoms with E-state index in [9.17, 15) is 34.5 Å². The molecule has 0 bridgehead atoms. The second-order valence-corrected chi connectivity index (χ2v) is 17.0. The van der Waals surface area contributed by atoms with Crippen molar-refractivity contribution in [2.24, 2.45) is 0 Å². The quantitative estimate of drug-likeness (QED) is 0.108. The van der Waals surface area contributed by atoms with E-state index >= 15 is 0 Å². The number of carbonyl (C=O) groups is 4. The van der Waals surface area contributed by atoms with E-state index in [0.29, 0.717) is 17.9 Å². The minimum absolute atomic E-state index is 0.0369. The van der Waals surface area contributed by atoms with Crippen LogP contribution in [-0.4, -0.2) is 121 Å². The summed E-state index contributed by atoms with van der Waals surface area (Å²) in [6.45, 7) is -1.39. The molecule has 2 aliphatic heterocycles. The van der Waals surface area contributed by atoms with Crippen LogP contribution in [0.2, 0.25) is 0 Å². The van der Waals surface area contributed by atoms with Gasteiger partial charge < -0.3 is 53.2 Å². The Labute approximate surface area is 376 Å². The van der Waals surface area contributed by atoms with Gasteiger partial charge in [0.1, 0.15) is 37.1 Å². The molecule has 0 radical (unpaired) electrons. The summed E-state index contributed by atoms with van der Waals surface area (Å²) >= 11 is 13.3. The van der Waals surface area contributed by atoms with Gasteiger partial charge in [-0.05, 0) is 97.1 Å². The first-order chi connectivity index (χ1) is 28.8. The fourth-order valence-electron chi connectivity index (χ4n) is 6.25. The average Bonchev–Trinajstić information content (AvgIpc) is 3.24. The lowest BCUT2D eigenvalue weighted by Gasteiger charge is -2.47. The molecule has 4 aromatic rings. The summed E-state index contributed by atoms with van der Waals surface area (Å²) in [5.41, 5.74) is 0.298. The molecule has 0 aromatic heterocycles. The van der Waals surface area contributed by atoms with E-state index in [1.54, 1.807) is 48.5 Å². The fraction of sp³-hybridized carbons (Fsp3) is 0.317. The SMILES string of the molecule is CO[C@H]1O[C@H](CO)[C@@H](O)[C@H](O[C@@H]2O[C@H](COC(=O)c3ccc(Br)cc3)[C@@H](OC(=O)c3ccc(Br)cc3)[C@H](OC(=O)c3ccc(Br)cc3)[C@H]2OC(=O)c2ccc(Br)cc2)[C@H]1O. The lowest BCUT2D eigenvalue weighted by Crippen LogP contribution is -2.66. The van der Waals surface area contributed by atoms with Crippen molar-refractivity contribution in [2.75, 3.05) is 20.3 Å². The summed E-state index contributed by atoms with van der Waals surface area (Å²) in [6, 6.07) is 24.5. The molecule has 2 fully saturated rings. The predicted octanol–water partition coefficient (Wildman–Crippen LogP) is 5.77. The van der Waals surface area contributed by atoms with Gasteiger partial charge in [-0.25, -0.2) is 19.2 Å². The number of ether oxygens (including phenoxy) is 8. The lowest BCUT2D eigenvalue weighted by atomic mass is 9.96. The van der Waals surface area contributed by atoms with Gasteiger partial charge in [0.05, 0.1) is 28.9 Å². The Morgan fingerprint density at radius 1 is 0.517 bits per heavy atom. The average molecular weight is 1090 g/mol. The molecule has 15 nitrogen and oxygen atoms in total. The molecule has 2 aliphatic rings. The molecule has 0 unspecified atom stereocenters. The summed E-state index contributed by atoms with van der Waals surface area (Å²) in [7, 11) is 1.22. The maximum atomic E-state index is 14.0. The Kier molecular flexibility index (Phi) is 16.1. The van der Waals surface area contributed by atoms with Crippen LogP contribution in [0.25, 0.3) is 0 Å². The molecule has 6 rings (SSSR count). The van der Waals surface area contributed by atoms with Gasteiger partial charge >= 0.3 is 23.9 Å². The van der Waals surface area contributed by atoms with Gasteiger partial charge in [0.15, 0.2) is 30.9 Å². The monoisotopic (exact) mass is 1080 g/mol. The third-order valence-electron chi connectivity index (χ3n) is 9.36. The molecular formula is C41H36Br4O15. The molecule has 0 spiro atoms. The van der Waals surface area contributed by atoms with Crippen LogP contribution in [0.5, 0.6) is 0 Å². The van der Waals surface area contributed by atoms with Crippen LogP contribution >= 0.6 is 63.7 Å². The largest absolute Gasteiger partial charge is 0.459 e. The van der Waals surface area contributed by atoms with E-state index in [-0.39, 0.29) is 22.3 Å². The zero-order valence-electron chi connectivity index (χ0n) is 31.2. The van der Waals surface area contributed by atoms with Gasteiger partial charge in [-0.3, -0.25) is 0 Å². The molecule has 0 amide bonds. The molecule has 0 saturated carbocycles. The lowest BCUT2D eigenvalue weighted by molar-refractivity contribution is -0.356. The Morgan fingerprint density at radius 3 is 1.32 bits per heavy atom. The summed E-state index contributed by atoms with van der Waals surface area (Å²) < 4.78 is 49.9. The number of halogens is 4. The molecule has 19 heteroatoms. The first-order valence-electron chi connectivity index (χ1n) is 18.0. The third-order valence-corrected chi connectivity index (χ3v) is 11.5. The molecule has 2 saturated heterocycles. The van der Waals surface area contributed by atoms with Crippen molar-refractivity contribution in [1.82, 2.24) is 0 Å². The van der Waals surface area contributed by atoms with E-state index in [1.165, 1.54) is 55.6 Å². The van der Waals surface area contributed by atoms with Crippen LogP contribution in [0.1, 0.15) is 41.4 Å². The summed E-state index contributed by atoms with van der Waals surface area (Å²) in [4.78, 5) is 55.2. The highest BCUT2D eigenvalue weighted by Crippen LogP contribution is 2.35. The molecule has 3 N–H and O–H groups in total. The van der Waals surface area contributed by atoms with Gasteiger partial charge in [-0.2, -0.15) is 0 Å². The maximum absolute atomic E-state index is 14.0. The van der Waals surface area contributed by atoms with Crippen molar-refractivity contribution in [1.29, 1.82) is 0 Å². The van der Waals surface area contributed by atoms with E-state index < -0.39 is 98.5 Å². The first-order valence-corrected chi connectivity index (χ1v) is 21.2. The number of esters is 4. The van der Waals surface area contributed by atoms with Crippen molar-refractivity contribution in [3.05, 3.63) is 137 Å². The number of methoxy groups -OCH3 is 1. The Morgan fingerprint density at radius 2 is 0.900 bits per heavy atom. The number of rotatable bonds is 13. The maximum Gasteiger partial charge on any atom is 0.338 e. The van der Waals surface area contributed by atoms with Gasteiger partial charge in [0.2, 0.25) is 0 Å². The molecule has 0 aliphatic carbocycles. The number of hydrogen-bond donors (Lipinski definition) is 3. The van der Waals surface area contributed by atoms with Crippen LogP contribution < -0.4 is 0 Å². The van der Waals surface area contributed by atoms with Crippen molar-refractivity contribution >= 4 is 87.6 Å². The number of hydrogen-bond acceptors (Lipinski definition) is 15. The second-order valence-electron chi connectivity index (χ2n) is 13.3. The number of aliphatic hydroxyl groups excluding tert-OH is 3. The second kappa shape index (κ2) is 21.0. The molecule has 2 heterocycles. The molecular weight excluding hydrogens is 1050 g/mol. The Hall–Kier alpha value is -3.60. The normalized spacial score (nSPS) is 26.4. The van der Waals surface area contributed by atoms with Gasteiger partial charge in [0, 0.05) is 25.0 Å². The van der Waals surface area contributed by atoms with E-state index in [1.807, 2.05) is 0 Å². The van der Waals surface area contributed by atoms with Gasteiger partial charge in [-0.15, -0.1) is 0 Å². The molecule has 4 aromatic carbocycles. The minimum Gasteiger partial charge on any atom is -0.459 e. The van der Waals surface area contributed by atoms with Crippen molar-refractivity contribution in [2.45, 2.75) is 61.4 Å². The van der Waals surface area contributed by atoms with Crippen molar-refractivity contribution in [3.63, 3.8) is 0 Å². The molecule has 10 atom stereocenters. The predicted molar refractivity (Wildman–Crippen MR) is 223 cm³/mol. The Bertz CT molecular complexity index is 2090. The van der Waals surface area contributed by atoms with Crippen LogP contribution in [0.3, 0.4) is 0 Å². The highest BCUT2D eigenvalue weighted by molar-refractivity contribution is 9.11. The van der Waals surface area contributed by atoms with Crippen LogP contribution in [0.4, 0.5) is 0 Å². The van der Waals surface area contributed by atoms with Crippen molar-refractivity contribution in [3.8, 4) is 0 Å². The molecule has 60 heavy (non-hydrogen) atoms. The summed E-state index contributed by atoms with van der Waals surface area (Å²) in [6.07, 6.45) is -16.6. The molecule has 318 valence electrons. The number of benzene rings is 4. The van der Waals surface area contributed by atoms with Crippen LogP contribution in [0.15, 0.2) is 115 Å². The third kappa shape index (κ3) is 11.3. The van der Waals surface area contributed by atoms with Crippen molar-refractivity contribution < 1.29 is 72.4 Å². The zero-order chi connectivity index (χ0) is 43.1. The zero-order valence-corrected chi connectivity index (χ0v) is 37.5. The number of aliphatic hydroxyl groups is 3. The Balaban J connectivity index is 1.46. The van der Waals surface area contributed by atoms with Crippen LogP contribution in [-0.2, 0) is 37.9 Å². The van der Waals surface area contributed by atoms with Gasteiger partial charge in [-0.1, -0.05) is 63.7 Å². The summed E-state index contributed by atoms with van der Waals surface area (Å²) in [5, 5.41) is 32.6. The standard InChI is InChI=1S/C41H36Br4O15/c1-53-40-31(48)33(30(47)28(18-46)55-40)60-41-35(59-39(52)23-8-16-27(45)17-9-23)34(58-38(51)22-6-14-26(44)15-7-22)32(57-37(50)21-4-12-25(43)13-5-21)29(56-41)19-54-36(49)20-2-10-24(42)11-3-20/h2-17,28-35,40-41,46-48H,18-19H2,1H3/t28-,29-,30-,31-,32-,33+,34+,35-,40+,41+/m1/s1. The van der Waals surface area contributed by atoms with Crippen LogP contribution in [0, 0.1) is 0 Å². The van der Waals surface area contributed by atoms with E-state index in [0.717, 1.165) is 0 Å². The van der Waals surface area contributed by atoms with E-state index in [2.05, 4.69) is 63.7 Å². The fourth-order valence-corrected chi connectivity index (χ4v) is 7.30. The first kappa shape index (κ1) is 45.9. The van der Waals surface area contributed by atoms with Gasteiger partial charge in [0.25, 0.3) is 0 Å². The smallest absolute Gasteiger partial charge is 0.338 e. The highest BCUT2D eigenvalue weighted by Gasteiger charge is 2.56. The van der Waals surface area contributed by atoms with E-state index in [4.69, 9.17) is 37.9 Å². The minimum atomic E-state index is -1.88. The number of carbonyl (C=O) groups excluding carboxylic acids is 4.